The van der Waals surface area contributed by atoms with Crippen LogP contribution in [0.5, 0.6) is 0 Å². The molecule has 1 aliphatic carbocycles. The van der Waals surface area contributed by atoms with E-state index < -0.39 is 0 Å². The molecule has 3 heteroatoms. The number of nitrogens with one attached hydrogen (secondary N) is 1. The van der Waals surface area contributed by atoms with Gasteiger partial charge in [0.15, 0.2) is 0 Å². The third kappa shape index (κ3) is 3.22. The highest BCUT2D eigenvalue weighted by atomic mass is 32.2. The second-order valence-corrected chi connectivity index (χ2v) is 4.77. The maximum Gasteiger partial charge on any atom is 0.220 e. The molecule has 0 saturated heterocycles. The van der Waals surface area contributed by atoms with Crippen LogP contribution in [0.15, 0.2) is 0 Å². The van der Waals surface area contributed by atoms with Crippen molar-refractivity contribution in [1.82, 2.24) is 5.32 Å². The molecule has 2 nitrogen and oxygen atoms in total. The molecule has 0 aromatic rings. The van der Waals surface area contributed by atoms with Gasteiger partial charge < -0.3 is 5.32 Å². The number of carbonyl (C=O) groups is 1. The normalized spacial score (nSPS) is 28.5. The molecule has 1 fully saturated rings. The maximum absolute atomic E-state index is 11.2. The Bertz CT molecular complexity index is 172. The van der Waals surface area contributed by atoms with Gasteiger partial charge in [0.1, 0.15) is 0 Å². The van der Waals surface area contributed by atoms with E-state index in [1.54, 1.807) is 7.05 Å². The number of hydrogen-bond donors (Lipinski definition) is 1. The molecule has 76 valence electrons. The summed E-state index contributed by atoms with van der Waals surface area (Å²) in [5.74, 6) is 0.814. The van der Waals surface area contributed by atoms with Crippen molar-refractivity contribution in [2.24, 2.45) is 5.92 Å². The molecule has 0 aromatic carbocycles. The molecule has 1 aliphatic rings. The first kappa shape index (κ1) is 10.9. The van der Waals surface area contributed by atoms with Gasteiger partial charge in [0.25, 0.3) is 0 Å². The molecule has 13 heavy (non-hydrogen) atoms. The summed E-state index contributed by atoms with van der Waals surface area (Å²) in [6.45, 7) is 0. The third-order valence-corrected chi connectivity index (χ3v) is 4.09. The number of rotatable bonds is 3. The highest BCUT2D eigenvalue weighted by Crippen LogP contribution is 2.33. The van der Waals surface area contributed by atoms with Crippen molar-refractivity contribution < 1.29 is 4.79 Å². The molecule has 0 radical (unpaired) electrons. The summed E-state index contributed by atoms with van der Waals surface area (Å²) in [6.07, 6.45) is 8.06. The van der Waals surface area contributed by atoms with Crippen molar-refractivity contribution in [1.29, 1.82) is 0 Å². The average Bonchev–Trinajstić information content (AvgIpc) is 2.18. The van der Waals surface area contributed by atoms with Crippen molar-refractivity contribution >= 4 is 17.7 Å². The molecule has 1 rings (SSSR count). The van der Waals surface area contributed by atoms with Crippen molar-refractivity contribution in [2.75, 3.05) is 13.3 Å². The quantitative estimate of drug-likeness (QED) is 0.757. The van der Waals surface area contributed by atoms with Crippen LogP contribution < -0.4 is 5.32 Å². The van der Waals surface area contributed by atoms with Crippen LogP contribution in [-0.2, 0) is 4.79 Å². The van der Waals surface area contributed by atoms with Gasteiger partial charge in [-0.1, -0.05) is 12.8 Å². The number of amides is 1. The Morgan fingerprint density at radius 2 is 2.15 bits per heavy atom. The minimum Gasteiger partial charge on any atom is -0.359 e. The maximum atomic E-state index is 11.2. The fourth-order valence-electron chi connectivity index (χ4n) is 2.06. The van der Waals surface area contributed by atoms with E-state index >= 15 is 0 Å². The summed E-state index contributed by atoms with van der Waals surface area (Å²) >= 11 is 1.93. The molecular formula is C10H19NOS. The first-order chi connectivity index (χ1) is 6.27. The monoisotopic (exact) mass is 201 g/mol. The van der Waals surface area contributed by atoms with Crippen LogP contribution in [0, 0.1) is 5.92 Å². The average molecular weight is 201 g/mol. The number of carbonyl (C=O) groups excluding carboxylic acids is 1. The second-order valence-electron chi connectivity index (χ2n) is 3.70. The summed E-state index contributed by atoms with van der Waals surface area (Å²) in [5.41, 5.74) is 0. The number of hydrogen-bond acceptors (Lipinski definition) is 2. The Hall–Kier alpha value is -0.180. The van der Waals surface area contributed by atoms with Crippen LogP contribution in [0.25, 0.3) is 0 Å². The zero-order valence-electron chi connectivity index (χ0n) is 8.51. The van der Waals surface area contributed by atoms with E-state index in [4.69, 9.17) is 0 Å². The highest BCUT2D eigenvalue weighted by Gasteiger charge is 2.25. The van der Waals surface area contributed by atoms with E-state index in [0.29, 0.717) is 11.2 Å². The van der Waals surface area contributed by atoms with E-state index in [9.17, 15) is 4.79 Å². The predicted octanol–water partition coefficient (Wildman–Crippen LogP) is 2.04. The van der Waals surface area contributed by atoms with Gasteiger partial charge in [-0.25, -0.2) is 0 Å². The predicted molar refractivity (Wildman–Crippen MR) is 57.9 cm³/mol. The molecule has 0 spiro atoms. The topological polar surface area (TPSA) is 29.1 Å². The van der Waals surface area contributed by atoms with Gasteiger partial charge in [0.2, 0.25) is 5.91 Å². The zero-order valence-corrected chi connectivity index (χ0v) is 9.32. The molecule has 1 saturated carbocycles. The molecular weight excluding hydrogens is 182 g/mol. The van der Waals surface area contributed by atoms with E-state index in [2.05, 4.69) is 11.6 Å². The van der Waals surface area contributed by atoms with Gasteiger partial charge in [0.05, 0.1) is 0 Å². The molecule has 1 N–H and O–H groups in total. The van der Waals surface area contributed by atoms with Crippen LogP contribution in [0.3, 0.4) is 0 Å². The lowest BCUT2D eigenvalue weighted by molar-refractivity contribution is -0.121. The zero-order chi connectivity index (χ0) is 9.68. The molecule has 0 aliphatic heterocycles. The lowest BCUT2D eigenvalue weighted by atomic mass is 9.86. The first-order valence-corrected chi connectivity index (χ1v) is 6.30. The molecule has 1 amide bonds. The van der Waals surface area contributed by atoms with E-state index in [-0.39, 0.29) is 5.91 Å². The van der Waals surface area contributed by atoms with Gasteiger partial charge in [-0.2, -0.15) is 11.8 Å². The summed E-state index contributed by atoms with van der Waals surface area (Å²) in [6, 6.07) is 0. The van der Waals surface area contributed by atoms with Crippen LogP contribution in [0.1, 0.15) is 32.1 Å². The van der Waals surface area contributed by atoms with Gasteiger partial charge >= 0.3 is 0 Å². The minimum absolute atomic E-state index is 0.200. The Balaban J connectivity index is 2.40. The molecule has 2 atom stereocenters. The fourth-order valence-corrected chi connectivity index (χ4v) is 3.08. The van der Waals surface area contributed by atoms with Gasteiger partial charge in [0, 0.05) is 18.7 Å². The van der Waals surface area contributed by atoms with Crippen molar-refractivity contribution in [2.45, 2.75) is 37.4 Å². The van der Waals surface area contributed by atoms with E-state index in [1.165, 1.54) is 25.7 Å². The van der Waals surface area contributed by atoms with E-state index in [0.717, 1.165) is 6.42 Å². The molecule has 0 bridgehead atoms. The first-order valence-electron chi connectivity index (χ1n) is 5.01. The van der Waals surface area contributed by atoms with Crippen molar-refractivity contribution in [3.8, 4) is 0 Å². The lowest BCUT2D eigenvalue weighted by Gasteiger charge is -2.29. The van der Waals surface area contributed by atoms with Crippen LogP contribution >= 0.6 is 11.8 Å². The standard InChI is InChI=1S/C10H19NOS/c1-11-10(12)7-8-5-3-4-6-9(8)13-2/h8-9H,3-7H2,1-2H3,(H,11,12). The van der Waals surface area contributed by atoms with Crippen LogP contribution in [0.2, 0.25) is 0 Å². The van der Waals surface area contributed by atoms with Gasteiger partial charge in [-0.15, -0.1) is 0 Å². The molecule has 0 aromatic heterocycles. The Morgan fingerprint density at radius 1 is 1.46 bits per heavy atom. The summed E-state index contributed by atoms with van der Waals surface area (Å²) in [4.78, 5) is 11.2. The summed E-state index contributed by atoms with van der Waals surface area (Å²) in [5, 5.41) is 3.42. The summed E-state index contributed by atoms with van der Waals surface area (Å²) < 4.78 is 0. The minimum atomic E-state index is 0.200. The Kier molecular flexibility index (Phi) is 4.64. The van der Waals surface area contributed by atoms with Gasteiger partial charge in [-0.05, 0) is 25.0 Å². The van der Waals surface area contributed by atoms with Crippen LogP contribution in [-0.4, -0.2) is 24.5 Å². The highest BCUT2D eigenvalue weighted by molar-refractivity contribution is 7.99. The Labute approximate surface area is 84.9 Å². The number of thioether (sulfide) groups is 1. The Morgan fingerprint density at radius 3 is 2.77 bits per heavy atom. The van der Waals surface area contributed by atoms with Crippen molar-refractivity contribution in [3.63, 3.8) is 0 Å². The second kappa shape index (κ2) is 5.53. The molecule has 2 unspecified atom stereocenters. The fraction of sp³-hybridized carbons (Fsp3) is 0.900. The SMILES string of the molecule is CNC(=O)CC1CCCCC1SC. The van der Waals surface area contributed by atoms with Crippen LogP contribution in [0.4, 0.5) is 0 Å². The van der Waals surface area contributed by atoms with Crippen molar-refractivity contribution in [3.05, 3.63) is 0 Å². The largest absolute Gasteiger partial charge is 0.359 e. The molecule has 0 heterocycles. The third-order valence-electron chi connectivity index (χ3n) is 2.87. The smallest absolute Gasteiger partial charge is 0.220 e. The van der Waals surface area contributed by atoms with E-state index in [1.807, 2.05) is 11.8 Å². The lowest BCUT2D eigenvalue weighted by Crippen LogP contribution is -2.28. The summed E-state index contributed by atoms with van der Waals surface area (Å²) in [7, 11) is 1.72. The van der Waals surface area contributed by atoms with Gasteiger partial charge in [-0.3, -0.25) is 4.79 Å².